The third-order valence-corrected chi connectivity index (χ3v) is 11.5. The minimum absolute atomic E-state index is 0.0459. The zero-order valence-electron chi connectivity index (χ0n) is 32.5. The summed E-state index contributed by atoms with van der Waals surface area (Å²) >= 11 is 0. The molecule has 2 aromatic heterocycles. The summed E-state index contributed by atoms with van der Waals surface area (Å²) in [5, 5.41) is 3.78. The van der Waals surface area contributed by atoms with Crippen molar-refractivity contribution < 1.29 is 13.2 Å². The maximum absolute atomic E-state index is 15.0. The lowest BCUT2D eigenvalue weighted by Gasteiger charge is -2.22. The number of hydrogen-bond acceptors (Lipinski definition) is 0. The van der Waals surface area contributed by atoms with Crippen LogP contribution in [0, 0.1) is 26.6 Å². The van der Waals surface area contributed by atoms with Crippen molar-refractivity contribution in [3.63, 3.8) is 0 Å². The van der Waals surface area contributed by atoms with Gasteiger partial charge < -0.3 is 9.13 Å². The van der Waals surface area contributed by atoms with E-state index in [-0.39, 0.29) is 16.8 Å². The first-order chi connectivity index (χ1) is 29.7. The molecule has 0 N–H and O–H groups in total. The largest absolute Gasteiger partial charge is 0.416 e. The van der Waals surface area contributed by atoms with E-state index in [1.807, 2.05) is 97.1 Å². The Balaban J connectivity index is 1.38. The van der Waals surface area contributed by atoms with E-state index in [2.05, 4.69) is 47.9 Å². The van der Waals surface area contributed by atoms with Crippen molar-refractivity contribution in [2.24, 2.45) is 0 Å². The van der Waals surface area contributed by atoms with Crippen molar-refractivity contribution in [1.29, 1.82) is 0 Å². The molecule has 2 heterocycles. The van der Waals surface area contributed by atoms with Crippen molar-refractivity contribution >= 4 is 60.7 Å². The number of benzene rings is 8. The van der Waals surface area contributed by atoms with Crippen LogP contribution in [0.4, 0.5) is 30.2 Å². The molecule has 0 saturated carbocycles. The molecule has 0 amide bonds. The predicted molar refractivity (Wildman–Crippen MR) is 240 cm³/mol. The monoisotopic (exact) mass is 793 g/mol. The number of hydrogen-bond donors (Lipinski definition) is 0. The van der Waals surface area contributed by atoms with Crippen molar-refractivity contribution in [2.45, 2.75) is 13.1 Å². The van der Waals surface area contributed by atoms with Crippen molar-refractivity contribution in [3.8, 4) is 44.8 Å². The van der Waals surface area contributed by atoms with Gasteiger partial charge >= 0.3 is 6.18 Å². The molecule has 0 atom stereocenters. The van der Waals surface area contributed by atoms with E-state index in [1.165, 1.54) is 6.07 Å². The Morgan fingerprint density at radius 2 is 0.918 bits per heavy atom. The zero-order valence-corrected chi connectivity index (χ0v) is 32.5. The molecule has 10 aromatic rings. The number of halogens is 3. The molecule has 5 nitrogen and oxygen atoms in total. The van der Waals surface area contributed by atoms with Crippen LogP contribution in [-0.4, -0.2) is 9.13 Å². The van der Waals surface area contributed by atoms with E-state index < -0.39 is 11.7 Å². The fraction of sp³-hybridized carbons (Fsp3) is 0.0377. The summed E-state index contributed by atoms with van der Waals surface area (Å²) in [5.74, 6) is 0. The minimum Gasteiger partial charge on any atom is -0.308 e. The lowest BCUT2D eigenvalue weighted by atomic mass is 9.92. The molecule has 61 heavy (non-hydrogen) atoms. The average molecular weight is 794 g/mol. The van der Waals surface area contributed by atoms with Gasteiger partial charge in [-0.1, -0.05) is 109 Å². The topological polar surface area (TPSA) is 22.9 Å². The Labute approximate surface area is 348 Å². The number of rotatable bonds is 5. The summed E-state index contributed by atoms with van der Waals surface area (Å²) in [7, 11) is 0. The van der Waals surface area contributed by atoms with Gasteiger partial charge in [-0.25, -0.2) is 14.5 Å². The van der Waals surface area contributed by atoms with Crippen LogP contribution in [0.1, 0.15) is 11.1 Å². The molecule has 0 fully saturated rings. The fourth-order valence-corrected chi connectivity index (χ4v) is 8.81. The maximum atomic E-state index is 15.0. The first-order valence-electron chi connectivity index (χ1n) is 19.4. The lowest BCUT2D eigenvalue weighted by Crippen LogP contribution is -2.09. The smallest absolute Gasteiger partial charge is 0.308 e. The molecule has 10 rings (SSSR count). The number of nitrogens with zero attached hydrogens (tertiary/aromatic N) is 5. The van der Waals surface area contributed by atoms with E-state index in [9.17, 15) is 13.2 Å². The Hall–Kier alpha value is -8.38. The van der Waals surface area contributed by atoms with Gasteiger partial charge in [0.2, 0.25) is 0 Å². The van der Waals surface area contributed by atoms with E-state index in [4.69, 9.17) is 19.7 Å². The Bertz CT molecular complexity index is 3590. The number of para-hydroxylation sites is 2. The van der Waals surface area contributed by atoms with Gasteiger partial charge in [-0.15, -0.1) is 0 Å². The SMILES string of the molecule is [C-]#[N+]c1cccc(-c2ccc3c4ccccc4n(-c4cc([N+]#[C-])c(-c5c(C)cccc5C(F)(F)F)cc4-n4c5ccccc5c5ccc(-c6cccc([N+]#[C-])c6)cc54)c3c2)c1. The van der Waals surface area contributed by atoms with Crippen LogP contribution in [0.15, 0.2) is 164 Å². The van der Waals surface area contributed by atoms with Crippen LogP contribution >= 0.6 is 0 Å². The van der Waals surface area contributed by atoms with Gasteiger partial charge in [0.1, 0.15) is 0 Å². The second-order valence-electron chi connectivity index (χ2n) is 15.0. The summed E-state index contributed by atoms with van der Waals surface area (Å²) in [6, 6.07) is 50.7. The van der Waals surface area contributed by atoms with Crippen molar-refractivity contribution in [1.82, 2.24) is 9.13 Å². The first kappa shape index (κ1) is 36.9. The van der Waals surface area contributed by atoms with E-state index >= 15 is 0 Å². The molecule has 0 spiro atoms. The summed E-state index contributed by atoms with van der Waals surface area (Å²) < 4.78 is 49.1. The highest BCUT2D eigenvalue weighted by Crippen LogP contribution is 2.47. The van der Waals surface area contributed by atoms with Crippen LogP contribution < -0.4 is 0 Å². The molecule has 0 aliphatic rings. The molecular weight excluding hydrogens is 764 g/mol. The van der Waals surface area contributed by atoms with Crippen LogP contribution in [0.25, 0.3) is 103 Å². The highest BCUT2D eigenvalue weighted by molar-refractivity contribution is 6.13. The van der Waals surface area contributed by atoms with E-state index in [1.54, 1.807) is 37.3 Å². The number of aryl methyl sites for hydroxylation is 1. The fourth-order valence-electron chi connectivity index (χ4n) is 8.81. The summed E-state index contributed by atoms with van der Waals surface area (Å²) in [4.78, 5) is 11.3. The number of aromatic nitrogens is 2. The van der Waals surface area contributed by atoms with Crippen LogP contribution in [0.3, 0.4) is 0 Å². The third kappa shape index (κ3) is 5.99. The Kier molecular flexibility index (Phi) is 8.58. The second kappa shape index (κ2) is 14.2. The molecular formula is C53H30F3N5. The summed E-state index contributed by atoms with van der Waals surface area (Å²) in [5.41, 5.74) is 8.70. The van der Waals surface area contributed by atoms with Gasteiger partial charge in [-0.3, -0.25) is 0 Å². The zero-order chi connectivity index (χ0) is 42.0. The lowest BCUT2D eigenvalue weighted by molar-refractivity contribution is -0.137. The normalized spacial score (nSPS) is 11.6. The number of fused-ring (bicyclic) bond motifs is 6. The van der Waals surface area contributed by atoms with Gasteiger partial charge in [0.05, 0.1) is 58.7 Å². The van der Waals surface area contributed by atoms with Gasteiger partial charge in [0, 0.05) is 21.5 Å². The quantitative estimate of drug-likeness (QED) is 0.155. The highest BCUT2D eigenvalue weighted by atomic mass is 19.4. The molecule has 8 heteroatoms. The highest BCUT2D eigenvalue weighted by Gasteiger charge is 2.35. The standard InChI is InChI=1S/C53H30F3N5/c1-32-12-9-19-44(53(54,55)56)52(32)43-30-50(60-46-20-7-5-17-39(46)41-24-22-35(28-48(41)60)33-13-10-15-37(26-33)57-2)51(31-45(43)59-4)61-47-21-8-6-18-40(47)42-25-23-36(29-49(42)61)34-14-11-16-38(27-34)58-3/h5-31H,1H3. The molecule has 288 valence electrons. The van der Waals surface area contributed by atoms with Gasteiger partial charge in [-0.2, -0.15) is 13.2 Å². The first-order valence-corrected chi connectivity index (χ1v) is 19.4. The van der Waals surface area contributed by atoms with Gasteiger partial charge in [0.25, 0.3) is 0 Å². The summed E-state index contributed by atoms with van der Waals surface area (Å²) in [6.45, 7) is 25.4. The predicted octanol–water partition coefficient (Wildman–Crippen LogP) is 15.9. The van der Waals surface area contributed by atoms with Crippen molar-refractivity contribution in [3.05, 3.63) is 209 Å². The average Bonchev–Trinajstić information content (AvgIpc) is 3.80. The van der Waals surface area contributed by atoms with Crippen LogP contribution in [0.5, 0.6) is 0 Å². The molecule has 0 aliphatic carbocycles. The molecule has 0 saturated heterocycles. The molecule has 0 radical (unpaired) electrons. The Morgan fingerprint density at radius 1 is 0.443 bits per heavy atom. The van der Waals surface area contributed by atoms with Gasteiger partial charge in [-0.05, 0) is 100 Å². The van der Waals surface area contributed by atoms with Gasteiger partial charge in [0.15, 0.2) is 17.1 Å². The molecule has 0 unspecified atom stereocenters. The second-order valence-corrected chi connectivity index (χ2v) is 15.0. The van der Waals surface area contributed by atoms with E-state index in [0.717, 1.165) is 71.9 Å². The van der Waals surface area contributed by atoms with Crippen molar-refractivity contribution in [2.75, 3.05) is 0 Å². The molecule has 0 bridgehead atoms. The molecule has 8 aromatic carbocycles. The van der Waals surface area contributed by atoms with Crippen LogP contribution in [-0.2, 0) is 6.18 Å². The molecule has 0 aliphatic heterocycles. The number of alkyl halides is 3. The Morgan fingerprint density at radius 3 is 1.43 bits per heavy atom. The third-order valence-electron chi connectivity index (χ3n) is 11.5. The van der Waals surface area contributed by atoms with Crippen LogP contribution in [0.2, 0.25) is 0 Å². The maximum Gasteiger partial charge on any atom is 0.416 e. The minimum atomic E-state index is -4.69. The summed E-state index contributed by atoms with van der Waals surface area (Å²) in [6.07, 6.45) is -4.69. The van der Waals surface area contributed by atoms with E-state index in [0.29, 0.717) is 28.3 Å².